The molecule has 0 radical (unpaired) electrons. The maximum atomic E-state index is 13.4. The number of fused-ring (bicyclic) bond motifs is 1. The number of benzene rings is 3. The molecule has 0 spiro atoms. The first kappa shape index (κ1) is 27.3. The van der Waals surface area contributed by atoms with Crippen LogP contribution in [-0.4, -0.2) is 49.9 Å². The number of rotatable bonds is 10. The van der Waals surface area contributed by atoms with Crippen molar-refractivity contribution in [2.45, 2.75) is 51.9 Å². The van der Waals surface area contributed by atoms with Gasteiger partial charge in [0.1, 0.15) is 5.75 Å². The predicted octanol–water partition coefficient (Wildman–Crippen LogP) is 4.79. The summed E-state index contributed by atoms with van der Waals surface area (Å²) in [5.41, 5.74) is 5.76. The number of likely N-dealkylation sites (tertiary alicyclic amines) is 1. The Morgan fingerprint density at radius 2 is 1.90 bits per heavy atom. The molecule has 0 aromatic heterocycles. The normalized spacial score (nSPS) is 18.4. The lowest BCUT2D eigenvalue weighted by Gasteiger charge is -2.23. The number of carbonyl (C=O) groups excluding carboxylic acids is 1. The minimum absolute atomic E-state index is 0.0542. The number of nitrogens with zero attached hydrogens (tertiary/aromatic N) is 1. The van der Waals surface area contributed by atoms with Crippen LogP contribution in [0.5, 0.6) is 17.2 Å². The first-order valence-corrected chi connectivity index (χ1v) is 13.8. The molecular weight excluding hydrogens is 514 g/mol. The van der Waals surface area contributed by atoms with E-state index in [0.29, 0.717) is 18.1 Å². The molecular formula is C31H36ClN3O4. The number of nitrogens with one attached hydrogen (secondary N) is 2. The maximum absolute atomic E-state index is 13.4. The molecule has 0 aliphatic carbocycles. The second-order valence-electron chi connectivity index (χ2n) is 10.4. The van der Waals surface area contributed by atoms with E-state index < -0.39 is 0 Å². The van der Waals surface area contributed by atoms with E-state index in [1.165, 1.54) is 11.1 Å². The Kier molecular flexibility index (Phi) is 8.60. The fraction of sp³-hybridized carbons (Fsp3) is 0.387. The number of ether oxygens (including phenoxy) is 3. The number of hydrogen-bond donors (Lipinski definition) is 2. The molecule has 2 aliphatic heterocycles. The van der Waals surface area contributed by atoms with Crippen LogP contribution < -0.4 is 24.8 Å². The fourth-order valence-electron chi connectivity index (χ4n) is 5.43. The van der Waals surface area contributed by atoms with E-state index in [1.54, 1.807) is 7.11 Å². The van der Waals surface area contributed by atoms with Gasteiger partial charge in [0.2, 0.25) is 12.7 Å². The topological polar surface area (TPSA) is 72.1 Å². The number of hydrogen-bond acceptors (Lipinski definition) is 6. The van der Waals surface area contributed by atoms with Gasteiger partial charge < -0.3 is 24.8 Å². The summed E-state index contributed by atoms with van der Waals surface area (Å²) in [6.07, 6.45) is 1.46. The third-order valence-electron chi connectivity index (χ3n) is 7.57. The zero-order chi connectivity index (χ0) is 27.4. The Morgan fingerprint density at radius 1 is 1.05 bits per heavy atom. The molecule has 8 heteroatoms. The number of halogens is 1. The van der Waals surface area contributed by atoms with Gasteiger partial charge in [-0.25, -0.2) is 0 Å². The van der Waals surface area contributed by atoms with Gasteiger partial charge in [0.25, 0.3) is 0 Å². The van der Waals surface area contributed by atoms with Gasteiger partial charge in [0.15, 0.2) is 11.5 Å². The Balaban J connectivity index is 1.22. The van der Waals surface area contributed by atoms with Crippen LogP contribution >= 0.6 is 11.6 Å². The molecule has 7 nitrogen and oxygen atoms in total. The third kappa shape index (κ3) is 6.67. The van der Waals surface area contributed by atoms with Crippen molar-refractivity contribution in [2.24, 2.45) is 0 Å². The van der Waals surface area contributed by atoms with Gasteiger partial charge in [0, 0.05) is 37.2 Å². The summed E-state index contributed by atoms with van der Waals surface area (Å²) >= 11 is 6.25. The molecule has 0 bridgehead atoms. The van der Waals surface area contributed by atoms with Crippen LogP contribution in [0.25, 0.3) is 0 Å². The van der Waals surface area contributed by atoms with Gasteiger partial charge in [-0.3, -0.25) is 9.69 Å². The molecule has 2 N–H and O–H groups in total. The average Bonchev–Trinajstić information content (AvgIpc) is 3.55. The van der Waals surface area contributed by atoms with Crippen molar-refractivity contribution in [3.63, 3.8) is 0 Å². The minimum Gasteiger partial charge on any atom is -0.496 e. The SMILES string of the molecule is COc1cc(C)c(CN[C@@H]2C[C@@H](C(=O)NCCc3ccc4c(c3)OCO4)N(Cc3cccc(Cl)c3)C2)cc1C. The number of aryl methyl sites for hydroxylation is 2. The van der Waals surface area contributed by atoms with E-state index >= 15 is 0 Å². The Bertz CT molecular complexity index is 1330. The molecule has 1 fully saturated rings. The van der Waals surface area contributed by atoms with E-state index in [2.05, 4.69) is 47.6 Å². The molecule has 2 atom stereocenters. The summed E-state index contributed by atoms with van der Waals surface area (Å²) in [5, 5.41) is 7.58. The smallest absolute Gasteiger partial charge is 0.237 e. The monoisotopic (exact) mass is 549 g/mol. The van der Waals surface area contributed by atoms with Crippen molar-refractivity contribution in [2.75, 3.05) is 27.0 Å². The second-order valence-corrected chi connectivity index (χ2v) is 10.8. The lowest BCUT2D eigenvalue weighted by atomic mass is 10.0. The van der Waals surface area contributed by atoms with Crippen molar-refractivity contribution < 1.29 is 19.0 Å². The average molecular weight is 550 g/mol. The zero-order valence-corrected chi connectivity index (χ0v) is 23.5. The Hall–Kier alpha value is -3.26. The summed E-state index contributed by atoms with van der Waals surface area (Å²) in [6.45, 7) is 7.17. The molecule has 5 rings (SSSR count). The molecule has 0 saturated carbocycles. The number of methoxy groups -OCH3 is 1. The highest BCUT2D eigenvalue weighted by Crippen LogP contribution is 2.32. The molecule has 2 aliphatic rings. The van der Waals surface area contributed by atoms with E-state index in [1.807, 2.05) is 36.4 Å². The molecule has 1 saturated heterocycles. The van der Waals surface area contributed by atoms with E-state index in [0.717, 1.165) is 59.9 Å². The lowest BCUT2D eigenvalue weighted by Crippen LogP contribution is -2.43. The first-order chi connectivity index (χ1) is 18.9. The second kappa shape index (κ2) is 12.3. The Labute approximate surface area is 235 Å². The van der Waals surface area contributed by atoms with Crippen LogP contribution in [0.15, 0.2) is 54.6 Å². The van der Waals surface area contributed by atoms with E-state index in [-0.39, 0.29) is 24.8 Å². The van der Waals surface area contributed by atoms with Crippen LogP contribution in [0.3, 0.4) is 0 Å². The van der Waals surface area contributed by atoms with Gasteiger partial charge in [-0.05, 0) is 84.8 Å². The number of amides is 1. The van der Waals surface area contributed by atoms with Crippen LogP contribution in [0.1, 0.15) is 34.2 Å². The van der Waals surface area contributed by atoms with Gasteiger partial charge in [0.05, 0.1) is 13.2 Å². The first-order valence-electron chi connectivity index (χ1n) is 13.4. The van der Waals surface area contributed by atoms with Crippen molar-refractivity contribution >= 4 is 17.5 Å². The predicted molar refractivity (Wildman–Crippen MR) is 153 cm³/mol. The van der Waals surface area contributed by atoms with E-state index in [4.69, 9.17) is 25.8 Å². The van der Waals surface area contributed by atoms with Crippen molar-refractivity contribution in [3.8, 4) is 17.2 Å². The number of carbonyl (C=O) groups is 1. The zero-order valence-electron chi connectivity index (χ0n) is 22.8. The van der Waals surface area contributed by atoms with Crippen LogP contribution in [0.4, 0.5) is 0 Å². The van der Waals surface area contributed by atoms with Crippen molar-refractivity contribution in [1.82, 2.24) is 15.5 Å². The third-order valence-corrected chi connectivity index (χ3v) is 7.80. The molecule has 2 heterocycles. The van der Waals surface area contributed by atoms with Gasteiger partial charge >= 0.3 is 0 Å². The fourth-order valence-corrected chi connectivity index (χ4v) is 5.64. The summed E-state index contributed by atoms with van der Waals surface area (Å²) in [4.78, 5) is 15.7. The summed E-state index contributed by atoms with van der Waals surface area (Å²) < 4.78 is 16.3. The highest BCUT2D eigenvalue weighted by atomic mass is 35.5. The summed E-state index contributed by atoms with van der Waals surface area (Å²) in [7, 11) is 1.70. The van der Waals surface area contributed by atoms with Crippen LogP contribution in [0, 0.1) is 13.8 Å². The standard InChI is InChI=1S/C31H36ClN3O4/c1-20-12-29(37-3)21(2)11-24(20)16-34-26-15-27(35(18-26)17-23-5-4-6-25(32)13-23)31(36)33-10-9-22-7-8-28-30(14-22)39-19-38-28/h4-8,11-14,26-27,34H,9-10,15-19H2,1-3H3,(H,33,36)/t26-,27+/m1/s1. The molecule has 3 aromatic carbocycles. The van der Waals surface area contributed by atoms with Crippen LogP contribution in [-0.2, 0) is 24.3 Å². The molecule has 0 unspecified atom stereocenters. The molecule has 3 aromatic rings. The Morgan fingerprint density at radius 3 is 2.72 bits per heavy atom. The van der Waals surface area contributed by atoms with Crippen LogP contribution in [0.2, 0.25) is 5.02 Å². The lowest BCUT2D eigenvalue weighted by molar-refractivity contribution is -0.125. The quantitative estimate of drug-likeness (QED) is 0.379. The van der Waals surface area contributed by atoms with Gasteiger partial charge in [-0.15, -0.1) is 0 Å². The highest BCUT2D eigenvalue weighted by Gasteiger charge is 2.36. The summed E-state index contributed by atoms with van der Waals surface area (Å²) in [5.74, 6) is 2.49. The largest absolute Gasteiger partial charge is 0.496 e. The molecule has 39 heavy (non-hydrogen) atoms. The maximum Gasteiger partial charge on any atom is 0.237 e. The minimum atomic E-state index is -0.225. The summed E-state index contributed by atoms with van der Waals surface area (Å²) in [6, 6.07) is 18.0. The molecule has 1 amide bonds. The van der Waals surface area contributed by atoms with Gasteiger partial charge in [-0.1, -0.05) is 35.9 Å². The van der Waals surface area contributed by atoms with Crippen molar-refractivity contribution in [1.29, 1.82) is 0 Å². The van der Waals surface area contributed by atoms with Crippen molar-refractivity contribution in [3.05, 3.63) is 87.4 Å². The molecule has 206 valence electrons. The van der Waals surface area contributed by atoms with E-state index in [9.17, 15) is 4.79 Å². The van der Waals surface area contributed by atoms with Gasteiger partial charge in [-0.2, -0.15) is 0 Å². The highest BCUT2D eigenvalue weighted by molar-refractivity contribution is 6.30.